The Morgan fingerprint density at radius 3 is 2.58 bits per heavy atom. The summed E-state index contributed by atoms with van der Waals surface area (Å²) < 4.78 is 12.9. The molecule has 26 heavy (non-hydrogen) atoms. The number of benzene rings is 3. The summed E-state index contributed by atoms with van der Waals surface area (Å²) in [6.45, 7) is 2.64. The van der Waals surface area contributed by atoms with E-state index in [1.54, 1.807) is 0 Å². The summed E-state index contributed by atoms with van der Waals surface area (Å²) in [5.74, 6) is -0.529. The average molecular weight is 346 g/mol. The fourth-order valence-electron chi connectivity index (χ4n) is 3.39. The lowest BCUT2D eigenvalue weighted by Gasteiger charge is -2.09. The van der Waals surface area contributed by atoms with Crippen LogP contribution in [-0.2, 0) is 6.42 Å². The molecule has 0 unspecified atom stereocenters. The number of H-pyrrole nitrogens is 1. The third-order valence-electron chi connectivity index (χ3n) is 4.84. The van der Waals surface area contributed by atoms with Gasteiger partial charge in [0.25, 0.3) is 5.91 Å². The predicted octanol–water partition coefficient (Wildman–Crippen LogP) is 4.74. The van der Waals surface area contributed by atoms with Crippen LogP contribution in [0.5, 0.6) is 0 Å². The van der Waals surface area contributed by atoms with Crippen molar-refractivity contribution >= 4 is 27.7 Å². The minimum atomic E-state index is -0.344. The molecule has 3 aromatic carbocycles. The Morgan fingerprint density at radius 2 is 1.77 bits per heavy atom. The Hall–Kier alpha value is -3.14. The van der Waals surface area contributed by atoms with Crippen molar-refractivity contribution in [2.75, 3.05) is 6.54 Å². The van der Waals surface area contributed by atoms with E-state index >= 15 is 0 Å². The number of halogens is 1. The first-order valence-electron chi connectivity index (χ1n) is 8.66. The molecule has 3 nitrogen and oxygen atoms in total. The molecule has 0 bridgehead atoms. The molecule has 0 fully saturated rings. The van der Waals surface area contributed by atoms with Crippen LogP contribution in [0.1, 0.15) is 21.5 Å². The van der Waals surface area contributed by atoms with Gasteiger partial charge in [0.15, 0.2) is 0 Å². The highest BCUT2D eigenvalue weighted by Gasteiger charge is 2.10. The van der Waals surface area contributed by atoms with Crippen LogP contribution >= 0.6 is 0 Å². The number of nitrogens with one attached hydrogen (secondary N) is 2. The molecule has 130 valence electrons. The maximum atomic E-state index is 12.9. The topological polar surface area (TPSA) is 44.9 Å². The Bertz CT molecular complexity index is 1100. The fourth-order valence-corrected chi connectivity index (χ4v) is 3.39. The highest BCUT2D eigenvalue weighted by atomic mass is 19.1. The first-order valence-corrected chi connectivity index (χ1v) is 8.66. The summed E-state index contributed by atoms with van der Waals surface area (Å²) >= 11 is 0. The van der Waals surface area contributed by atoms with Crippen molar-refractivity contribution in [2.45, 2.75) is 13.3 Å². The molecule has 0 atom stereocenters. The number of carbonyl (C=O) groups is 1. The number of aromatic amines is 1. The summed E-state index contributed by atoms with van der Waals surface area (Å²) in [4.78, 5) is 15.6. The van der Waals surface area contributed by atoms with Crippen molar-refractivity contribution in [3.8, 4) is 0 Å². The highest BCUT2D eigenvalue weighted by Crippen LogP contribution is 2.29. The number of rotatable bonds is 4. The molecular formula is C22H19FN2O. The van der Waals surface area contributed by atoms with Gasteiger partial charge >= 0.3 is 0 Å². The van der Waals surface area contributed by atoms with Crippen LogP contribution in [0.2, 0.25) is 0 Å². The van der Waals surface area contributed by atoms with E-state index in [4.69, 9.17) is 0 Å². The zero-order valence-electron chi connectivity index (χ0n) is 14.5. The van der Waals surface area contributed by atoms with Crippen molar-refractivity contribution in [3.63, 3.8) is 0 Å². The Kier molecular flexibility index (Phi) is 4.17. The fraction of sp³-hybridized carbons (Fsp3) is 0.136. The average Bonchev–Trinajstić information content (AvgIpc) is 3.04. The molecule has 0 saturated heterocycles. The van der Waals surface area contributed by atoms with Gasteiger partial charge in [-0.05, 0) is 54.8 Å². The molecule has 4 rings (SSSR count). The van der Waals surface area contributed by atoms with Crippen LogP contribution in [0.15, 0.2) is 60.7 Å². The highest BCUT2D eigenvalue weighted by molar-refractivity contribution is 6.08. The maximum absolute atomic E-state index is 12.9. The van der Waals surface area contributed by atoms with Crippen LogP contribution in [-0.4, -0.2) is 17.4 Å². The van der Waals surface area contributed by atoms with Gasteiger partial charge in [-0.3, -0.25) is 4.79 Å². The number of aromatic nitrogens is 1. The van der Waals surface area contributed by atoms with Crippen molar-refractivity contribution in [1.82, 2.24) is 10.3 Å². The zero-order chi connectivity index (χ0) is 18.1. The maximum Gasteiger partial charge on any atom is 0.251 e. The van der Waals surface area contributed by atoms with Gasteiger partial charge in [-0.1, -0.05) is 30.3 Å². The number of fused-ring (bicyclic) bond motifs is 3. The first-order chi connectivity index (χ1) is 12.6. The zero-order valence-corrected chi connectivity index (χ0v) is 14.5. The molecule has 0 saturated carbocycles. The van der Waals surface area contributed by atoms with Crippen molar-refractivity contribution in [2.24, 2.45) is 0 Å². The quantitative estimate of drug-likeness (QED) is 0.551. The van der Waals surface area contributed by atoms with Crippen LogP contribution in [0.4, 0.5) is 4.39 Å². The van der Waals surface area contributed by atoms with Gasteiger partial charge < -0.3 is 10.3 Å². The van der Waals surface area contributed by atoms with E-state index in [2.05, 4.69) is 41.5 Å². The Balaban J connectivity index is 1.50. The number of para-hydroxylation sites is 1. The van der Waals surface area contributed by atoms with Crippen LogP contribution in [0.25, 0.3) is 21.8 Å². The molecule has 0 spiro atoms. The summed E-state index contributed by atoms with van der Waals surface area (Å²) in [5.41, 5.74) is 5.15. The van der Waals surface area contributed by atoms with E-state index in [0.717, 1.165) is 17.5 Å². The third-order valence-corrected chi connectivity index (χ3v) is 4.84. The molecule has 0 radical (unpaired) electrons. The van der Waals surface area contributed by atoms with Crippen LogP contribution in [0, 0.1) is 12.7 Å². The second-order valence-electron chi connectivity index (χ2n) is 6.46. The number of hydrogen-bond donors (Lipinski definition) is 2. The van der Waals surface area contributed by atoms with Crippen LogP contribution < -0.4 is 5.32 Å². The van der Waals surface area contributed by atoms with Gasteiger partial charge in [-0.2, -0.15) is 0 Å². The van der Waals surface area contributed by atoms with E-state index in [1.807, 2.05) is 12.1 Å². The molecular weight excluding hydrogens is 327 g/mol. The van der Waals surface area contributed by atoms with E-state index in [1.165, 1.54) is 46.2 Å². The smallest absolute Gasteiger partial charge is 0.251 e. The van der Waals surface area contributed by atoms with Crippen LogP contribution in [0.3, 0.4) is 0 Å². The number of hydrogen-bond acceptors (Lipinski definition) is 1. The summed E-state index contributed by atoms with van der Waals surface area (Å²) in [5, 5.41) is 5.34. The second-order valence-corrected chi connectivity index (χ2v) is 6.46. The van der Waals surface area contributed by atoms with Crippen molar-refractivity contribution in [1.29, 1.82) is 0 Å². The SMILES string of the molecule is Cc1c(CCNC(=O)c2ccc(F)cc2)ccc2c1[nH]c1ccccc12. The normalized spacial score (nSPS) is 11.2. The monoisotopic (exact) mass is 346 g/mol. The molecule has 2 N–H and O–H groups in total. The van der Waals surface area contributed by atoms with Gasteiger partial charge in [0.05, 0.1) is 0 Å². The molecule has 0 aliphatic carbocycles. The molecule has 1 amide bonds. The predicted molar refractivity (Wildman–Crippen MR) is 103 cm³/mol. The number of amides is 1. The number of aryl methyl sites for hydroxylation is 1. The van der Waals surface area contributed by atoms with Gasteiger partial charge in [0, 0.05) is 33.9 Å². The summed E-state index contributed by atoms with van der Waals surface area (Å²) in [6.07, 6.45) is 0.740. The minimum Gasteiger partial charge on any atom is -0.354 e. The van der Waals surface area contributed by atoms with Crippen molar-refractivity contribution < 1.29 is 9.18 Å². The molecule has 1 heterocycles. The largest absolute Gasteiger partial charge is 0.354 e. The van der Waals surface area contributed by atoms with Gasteiger partial charge in [-0.25, -0.2) is 4.39 Å². The molecule has 4 aromatic rings. The minimum absolute atomic E-state index is 0.186. The molecule has 0 aliphatic heterocycles. The van der Waals surface area contributed by atoms with E-state index < -0.39 is 0 Å². The summed E-state index contributed by atoms with van der Waals surface area (Å²) in [6, 6.07) is 18.1. The van der Waals surface area contributed by atoms with Gasteiger partial charge in [-0.15, -0.1) is 0 Å². The molecule has 1 aromatic heterocycles. The molecule has 4 heteroatoms. The Labute approximate surface area is 150 Å². The van der Waals surface area contributed by atoms with Gasteiger partial charge in [0.1, 0.15) is 5.82 Å². The van der Waals surface area contributed by atoms with E-state index in [0.29, 0.717) is 12.1 Å². The summed E-state index contributed by atoms with van der Waals surface area (Å²) in [7, 11) is 0. The second kappa shape index (κ2) is 6.64. The lowest BCUT2D eigenvalue weighted by molar-refractivity contribution is 0.0954. The lowest BCUT2D eigenvalue weighted by Crippen LogP contribution is -2.25. The number of carbonyl (C=O) groups excluding carboxylic acids is 1. The first kappa shape index (κ1) is 16.3. The standard InChI is InChI=1S/C22H19FN2O/c1-14-15(12-13-24-22(26)16-6-9-17(23)10-7-16)8-11-19-18-4-2-3-5-20(18)25-21(14)19/h2-11,25H,12-13H2,1H3,(H,24,26). The third kappa shape index (κ3) is 2.94. The van der Waals surface area contributed by atoms with Gasteiger partial charge in [0.2, 0.25) is 0 Å². The molecule has 0 aliphatic rings. The van der Waals surface area contributed by atoms with E-state index in [9.17, 15) is 9.18 Å². The Morgan fingerprint density at radius 1 is 1.00 bits per heavy atom. The van der Waals surface area contributed by atoms with Crippen molar-refractivity contribution in [3.05, 3.63) is 83.2 Å². The lowest BCUT2D eigenvalue weighted by atomic mass is 10.0. The van der Waals surface area contributed by atoms with E-state index in [-0.39, 0.29) is 11.7 Å².